The van der Waals surface area contributed by atoms with Gasteiger partial charge in [0.25, 0.3) is 0 Å². The molecule has 2 heterocycles. The van der Waals surface area contributed by atoms with Gasteiger partial charge in [0.1, 0.15) is 12.1 Å². The lowest BCUT2D eigenvalue weighted by molar-refractivity contribution is 0.00976. The lowest BCUT2D eigenvalue weighted by atomic mass is 9.69. The van der Waals surface area contributed by atoms with Crippen LogP contribution in [0.2, 0.25) is 0 Å². The number of fused-ring (bicyclic) bond motifs is 2. The number of aliphatic hydroxyl groups is 2. The molecule has 1 aliphatic carbocycles. The van der Waals surface area contributed by atoms with Crippen molar-refractivity contribution in [3.05, 3.63) is 30.1 Å². The third-order valence-electron chi connectivity index (χ3n) is 6.17. The van der Waals surface area contributed by atoms with Gasteiger partial charge in [-0.2, -0.15) is 0 Å². The molecule has 4 rings (SSSR count). The van der Waals surface area contributed by atoms with E-state index in [1.165, 1.54) is 0 Å². The lowest BCUT2D eigenvalue weighted by Crippen LogP contribution is -2.41. The zero-order valence-electron chi connectivity index (χ0n) is 13.5. The van der Waals surface area contributed by atoms with Crippen molar-refractivity contribution in [2.24, 2.45) is 10.8 Å². The van der Waals surface area contributed by atoms with Crippen LogP contribution in [-0.4, -0.2) is 46.5 Å². The molecule has 0 bridgehead atoms. The van der Waals surface area contributed by atoms with Gasteiger partial charge in [-0.15, -0.1) is 0 Å². The van der Waals surface area contributed by atoms with Crippen molar-refractivity contribution < 1.29 is 10.2 Å². The highest BCUT2D eigenvalue weighted by Gasteiger charge is 2.60. The van der Waals surface area contributed by atoms with Crippen LogP contribution < -0.4 is 4.90 Å². The summed E-state index contributed by atoms with van der Waals surface area (Å²) in [5, 5.41) is 21.2. The summed E-state index contributed by atoms with van der Waals surface area (Å²) in [6.07, 6.45) is 4.65. The average molecular weight is 313 g/mol. The van der Waals surface area contributed by atoms with E-state index in [9.17, 15) is 10.2 Å². The van der Waals surface area contributed by atoms with Gasteiger partial charge in [0.15, 0.2) is 0 Å². The lowest BCUT2D eigenvalue weighted by Gasteiger charge is -2.36. The molecular formula is C18H23N3O2. The highest BCUT2D eigenvalue weighted by atomic mass is 16.3. The largest absolute Gasteiger partial charge is 0.396 e. The number of hydrogen-bond acceptors (Lipinski definition) is 5. The van der Waals surface area contributed by atoms with Gasteiger partial charge in [-0.1, -0.05) is 18.6 Å². The first-order valence-electron chi connectivity index (χ1n) is 8.32. The number of aromatic nitrogens is 2. The molecule has 5 nitrogen and oxygen atoms in total. The number of rotatable bonds is 3. The Kier molecular flexibility index (Phi) is 3.32. The highest BCUT2D eigenvalue weighted by Crippen LogP contribution is 2.58. The Labute approximate surface area is 136 Å². The van der Waals surface area contributed by atoms with Crippen LogP contribution in [-0.2, 0) is 0 Å². The Hall–Kier alpha value is -1.72. The highest BCUT2D eigenvalue weighted by molar-refractivity contribution is 5.91. The molecular weight excluding hydrogens is 290 g/mol. The molecule has 5 heteroatoms. The van der Waals surface area contributed by atoms with E-state index in [2.05, 4.69) is 33.9 Å². The third-order valence-corrected chi connectivity index (χ3v) is 6.17. The van der Waals surface area contributed by atoms with Crippen molar-refractivity contribution in [3.8, 4) is 0 Å². The zero-order valence-corrected chi connectivity index (χ0v) is 13.5. The van der Waals surface area contributed by atoms with Crippen LogP contribution >= 0.6 is 0 Å². The molecule has 1 aliphatic heterocycles. The Morgan fingerprint density at radius 1 is 1.09 bits per heavy atom. The van der Waals surface area contributed by atoms with E-state index in [1.807, 2.05) is 6.07 Å². The molecule has 2 aliphatic rings. The quantitative estimate of drug-likeness (QED) is 0.906. The van der Waals surface area contributed by atoms with E-state index in [-0.39, 0.29) is 24.0 Å². The molecule has 1 saturated carbocycles. The van der Waals surface area contributed by atoms with Crippen molar-refractivity contribution in [2.75, 3.05) is 31.2 Å². The maximum Gasteiger partial charge on any atom is 0.139 e. The molecule has 2 N–H and O–H groups in total. The van der Waals surface area contributed by atoms with E-state index in [0.717, 1.165) is 54.6 Å². The summed E-state index contributed by atoms with van der Waals surface area (Å²) in [5.41, 5.74) is 1.70. The SMILES string of the molecule is Cc1cccc2c(N3C[C@]4(CO)CCC[C@]4(CO)C3)ncnc12. The van der Waals surface area contributed by atoms with Crippen LogP contribution in [0.4, 0.5) is 5.82 Å². The summed E-state index contributed by atoms with van der Waals surface area (Å²) in [5.74, 6) is 0.925. The van der Waals surface area contributed by atoms with Crippen LogP contribution in [0.3, 0.4) is 0 Å². The molecule has 1 saturated heterocycles. The smallest absolute Gasteiger partial charge is 0.139 e. The van der Waals surface area contributed by atoms with Gasteiger partial charge in [-0.3, -0.25) is 0 Å². The van der Waals surface area contributed by atoms with Gasteiger partial charge in [0.05, 0.1) is 18.7 Å². The summed E-state index contributed by atoms with van der Waals surface area (Å²) in [4.78, 5) is 11.2. The topological polar surface area (TPSA) is 69.5 Å². The molecule has 0 spiro atoms. The number of para-hydroxylation sites is 1. The maximum absolute atomic E-state index is 10.1. The minimum atomic E-state index is -0.206. The second kappa shape index (κ2) is 5.14. The zero-order chi connectivity index (χ0) is 16.1. The molecule has 0 amide bonds. The van der Waals surface area contributed by atoms with Crippen LogP contribution in [0.1, 0.15) is 24.8 Å². The van der Waals surface area contributed by atoms with Gasteiger partial charge < -0.3 is 15.1 Å². The Morgan fingerprint density at radius 3 is 2.43 bits per heavy atom. The number of aliphatic hydroxyl groups excluding tert-OH is 2. The van der Waals surface area contributed by atoms with Crippen molar-refractivity contribution in [3.63, 3.8) is 0 Å². The van der Waals surface area contributed by atoms with Crippen molar-refractivity contribution in [1.29, 1.82) is 0 Å². The van der Waals surface area contributed by atoms with Crippen molar-refractivity contribution in [2.45, 2.75) is 26.2 Å². The van der Waals surface area contributed by atoms with Crippen LogP contribution in [0.15, 0.2) is 24.5 Å². The Bertz CT molecular complexity index is 730. The van der Waals surface area contributed by atoms with E-state index in [0.29, 0.717) is 0 Å². The fourth-order valence-electron chi connectivity index (χ4n) is 4.79. The number of aryl methyl sites for hydroxylation is 1. The van der Waals surface area contributed by atoms with Gasteiger partial charge >= 0.3 is 0 Å². The fraction of sp³-hybridized carbons (Fsp3) is 0.556. The first-order chi connectivity index (χ1) is 11.1. The maximum atomic E-state index is 10.1. The monoisotopic (exact) mass is 313 g/mol. The predicted molar refractivity (Wildman–Crippen MR) is 89.4 cm³/mol. The molecule has 2 fully saturated rings. The van der Waals surface area contributed by atoms with E-state index >= 15 is 0 Å². The molecule has 0 unspecified atom stereocenters. The van der Waals surface area contributed by atoms with Gasteiger partial charge in [0, 0.05) is 29.3 Å². The molecule has 2 atom stereocenters. The minimum Gasteiger partial charge on any atom is -0.396 e. The first kappa shape index (κ1) is 14.8. The number of nitrogens with zero attached hydrogens (tertiary/aromatic N) is 3. The fourth-order valence-corrected chi connectivity index (χ4v) is 4.79. The number of hydrogen-bond donors (Lipinski definition) is 2. The van der Waals surface area contributed by atoms with Crippen LogP contribution in [0, 0.1) is 17.8 Å². The molecule has 0 radical (unpaired) electrons. The number of benzene rings is 1. The molecule has 1 aromatic heterocycles. The molecule has 2 aromatic rings. The van der Waals surface area contributed by atoms with E-state index < -0.39 is 0 Å². The van der Waals surface area contributed by atoms with Gasteiger partial charge in [-0.25, -0.2) is 9.97 Å². The standard InChI is InChI=1S/C18H23N3O2/c1-13-4-2-5-14-15(13)19-12-20-16(14)21-8-17(10-22)6-3-7-18(17,9-21)11-23/h2,4-5,12,22-23H,3,6-11H2,1H3/t17-,18+. The average Bonchev–Trinajstić information content (AvgIpc) is 3.07. The van der Waals surface area contributed by atoms with E-state index in [1.54, 1.807) is 6.33 Å². The van der Waals surface area contributed by atoms with Gasteiger partial charge in [-0.05, 0) is 31.4 Å². The summed E-state index contributed by atoms with van der Waals surface area (Å²) in [6.45, 7) is 3.83. The Morgan fingerprint density at radius 2 is 1.78 bits per heavy atom. The summed E-state index contributed by atoms with van der Waals surface area (Å²) in [7, 11) is 0. The number of anilines is 1. The Balaban J connectivity index is 1.80. The van der Waals surface area contributed by atoms with E-state index in [4.69, 9.17) is 0 Å². The summed E-state index contributed by atoms with van der Waals surface area (Å²) in [6, 6.07) is 6.15. The van der Waals surface area contributed by atoms with Crippen molar-refractivity contribution >= 4 is 16.7 Å². The van der Waals surface area contributed by atoms with Crippen LogP contribution in [0.5, 0.6) is 0 Å². The van der Waals surface area contributed by atoms with Crippen LogP contribution in [0.25, 0.3) is 10.9 Å². The van der Waals surface area contributed by atoms with Crippen molar-refractivity contribution in [1.82, 2.24) is 9.97 Å². The molecule has 23 heavy (non-hydrogen) atoms. The second-order valence-corrected chi connectivity index (χ2v) is 7.25. The second-order valence-electron chi connectivity index (χ2n) is 7.25. The normalized spacial score (nSPS) is 30.1. The van der Waals surface area contributed by atoms with Gasteiger partial charge in [0.2, 0.25) is 0 Å². The summed E-state index contributed by atoms with van der Waals surface area (Å²) >= 11 is 0. The predicted octanol–water partition coefficient (Wildman–Crippen LogP) is 1.90. The minimum absolute atomic E-state index is 0.131. The molecule has 1 aromatic carbocycles. The third kappa shape index (κ3) is 1.93. The molecule has 122 valence electrons. The first-order valence-corrected chi connectivity index (χ1v) is 8.32. The summed E-state index contributed by atoms with van der Waals surface area (Å²) < 4.78 is 0.